The van der Waals surface area contributed by atoms with E-state index in [2.05, 4.69) is 23.7 Å². The Kier molecular flexibility index (Phi) is 3.33. The van der Waals surface area contributed by atoms with Gasteiger partial charge in [0.15, 0.2) is 0 Å². The minimum atomic E-state index is 0.710. The summed E-state index contributed by atoms with van der Waals surface area (Å²) < 4.78 is 0. The largest absolute Gasteiger partial charge is 0.302 e. The first kappa shape index (κ1) is 9.60. The van der Waals surface area contributed by atoms with Crippen LogP contribution in [0.1, 0.15) is 32.1 Å². The molecule has 2 rings (SSSR count). The van der Waals surface area contributed by atoms with Gasteiger partial charge >= 0.3 is 0 Å². The second kappa shape index (κ2) is 4.52. The summed E-state index contributed by atoms with van der Waals surface area (Å²) in [5.41, 5.74) is 0. The first-order chi connectivity index (χ1) is 6.40. The molecule has 3 unspecified atom stereocenters. The van der Waals surface area contributed by atoms with E-state index < -0.39 is 0 Å². The molecule has 0 aromatic rings. The van der Waals surface area contributed by atoms with Crippen LogP contribution in [-0.2, 0) is 0 Å². The highest BCUT2D eigenvalue weighted by molar-refractivity contribution is 7.99. The van der Waals surface area contributed by atoms with Gasteiger partial charge in [-0.1, -0.05) is 18.6 Å². The van der Waals surface area contributed by atoms with Crippen LogP contribution in [-0.4, -0.2) is 17.7 Å². The Hall–Kier alpha value is 0.0500. The lowest BCUT2D eigenvalue weighted by Crippen LogP contribution is -2.39. The second-order valence-corrected chi connectivity index (χ2v) is 5.14. The lowest BCUT2D eigenvalue weighted by molar-refractivity contribution is 0.383. The normalized spacial score (nSPS) is 39.6. The van der Waals surface area contributed by atoms with E-state index >= 15 is 0 Å². The van der Waals surface area contributed by atoms with Crippen molar-refractivity contribution in [2.45, 2.75) is 43.5 Å². The zero-order valence-electron chi connectivity index (χ0n) is 8.33. The number of hydrogen-bond donors (Lipinski definition) is 1. The topological polar surface area (TPSA) is 12.0 Å². The molecule has 0 aromatic heterocycles. The lowest BCUT2D eigenvalue weighted by Gasteiger charge is -2.28. The van der Waals surface area contributed by atoms with E-state index in [1.165, 1.54) is 32.1 Å². The molecular formula is C11H19NS. The molecule has 3 atom stereocenters. The van der Waals surface area contributed by atoms with Gasteiger partial charge in [-0.25, -0.2) is 0 Å². The smallest absolute Gasteiger partial charge is 0.0531 e. The summed E-state index contributed by atoms with van der Waals surface area (Å²) in [6.07, 6.45) is 13.8. The van der Waals surface area contributed by atoms with Crippen LogP contribution in [0.5, 0.6) is 0 Å². The Bertz CT molecular complexity index is 191. The number of thioether (sulfide) groups is 1. The van der Waals surface area contributed by atoms with Crippen LogP contribution in [0.3, 0.4) is 0 Å². The predicted octanol–water partition coefficient (Wildman–Crippen LogP) is 2.78. The Morgan fingerprint density at radius 2 is 2.23 bits per heavy atom. The zero-order valence-corrected chi connectivity index (χ0v) is 9.15. The van der Waals surface area contributed by atoms with Crippen LogP contribution in [0.2, 0.25) is 0 Å². The summed E-state index contributed by atoms with van der Waals surface area (Å²) in [6, 6.07) is 0.768. The molecule has 0 radical (unpaired) electrons. The first-order valence-corrected chi connectivity index (χ1v) is 6.64. The van der Waals surface area contributed by atoms with Gasteiger partial charge in [0.05, 0.1) is 5.37 Å². The Morgan fingerprint density at radius 1 is 1.31 bits per heavy atom. The van der Waals surface area contributed by atoms with Crippen molar-refractivity contribution in [2.75, 3.05) is 6.26 Å². The molecule has 2 heteroatoms. The van der Waals surface area contributed by atoms with Crippen molar-refractivity contribution in [3.05, 3.63) is 12.2 Å². The Morgan fingerprint density at radius 3 is 3.08 bits per heavy atom. The summed E-state index contributed by atoms with van der Waals surface area (Å²) in [6.45, 7) is 0. The van der Waals surface area contributed by atoms with E-state index in [1.54, 1.807) is 0 Å². The fourth-order valence-electron chi connectivity index (χ4n) is 2.45. The first-order valence-electron chi connectivity index (χ1n) is 5.35. The van der Waals surface area contributed by atoms with E-state index in [1.807, 2.05) is 11.8 Å². The van der Waals surface area contributed by atoms with Crippen molar-refractivity contribution in [1.29, 1.82) is 0 Å². The highest BCUT2D eigenvalue weighted by atomic mass is 32.2. The molecule has 1 aliphatic carbocycles. The van der Waals surface area contributed by atoms with Crippen LogP contribution in [0, 0.1) is 5.92 Å². The molecule has 1 aliphatic heterocycles. The van der Waals surface area contributed by atoms with Crippen LogP contribution in [0.4, 0.5) is 0 Å². The van der Waals surface area contributed by atoms with Crippen molar-refractivity contribution >= 4 is 11.8 Å². The lowest BCUT2D eigenvalue weighted by atomic mass is 9.88. The minimum Gasteiger partial charge on any atom is -0.302 e. The molecule has 74 valence electrons. The number of rotatable bonds is 1. The molecule has 2 aliphatic rings. The summed E-state index contributed by atoms with van der Waals surface area (Å²) >= 11 is 1.98. The number of hydrogen-bond acceptors (Lipinski definition) is 2. The molecule has 0 spiro atoms. The maximum Gasteiger partial charge on any atom is 0.0531 e. The number of allylic oxidation sites excluding steroid dienone is 1. The number of fused-ring (bicyclic) bond motifs is 1. The highest BCUT2D eigenvalue weighted by Gasteiger charge is 2.26. The van der Waals surface area contributed by atoms with E-state index in [9.17, 15) is 0 Å². The molecule has 13 heavy (non-hydrogen) atoms. The summed E-state index contributed by atoms with van der Waals surface area (Å²) in [5.74, 6) is 0.825. The van der Waals surface area contributed by atoms with Crippen molar-refractivity contribution in [3.63, 3.8) is 0 Å². The van der Waals surface area contributed by atoms with Gasteiger partial charge in [0, 0.05) is 6.04 Å². The van der Waals surface area contributed by atoms with E-state index in [0.29, 0.717) is 5.37 Å². The minimum absolute atomic E-state index is 0.710. The average molecular weight is 197 g/mol. The maximum absolute atomic E-state index is 3.78. The second-order valence-electron chi connectivity index (χ2n) is 4.10. The van der Waals surface area contributed by atoms with Gasteiger partial charge in [-0.05, 0) is 37.9 Å². The van der Waals surface area contributed by atoms with Crippen molar-refractivity contribution in [2.24, 2.45) is 5.92 Å². The van der Waals surface area contributed by atoms with Gasteiger partial charge in [0.1, 0.15) is 0 Å². The molecule has 0 bridgehead atoms. The van der Waals surface area contributed by atoms with E-state index in [4.69, 9.17) is 0 Å². The van der Waals surface area contributed by atoms with Crippen LogP contribution in [0.25, 0.3) is 0 Å². The predicted molar refractivity (Wildman–Crippen MR) is 59.9 cm³/mol. The molecule has 0 amide bonds. The molecular weight excluding hydrogens is 178 g/mol. The molecule has 0 aromatic carbocycles. The molecule has 1 fully saturated rings. The standard InChI is InChI=1S/C11H19NS/c1-13-11-8-4-6-9-5-2-3-7-10(9)12-11/h2,5,9-12H,3-4,6-8H2,1H3. The van der Waals surface area contributed by atoms with Crippen LogP contribution >= 0.6 is 11.8 Å². The van der Waals surface area contributed by atoms with E-state index in [0.717, 1.165) is 12.0 Å². The van der Waals surface area contributed by atoms with Crippen molar-refractivity contribution in [3.8, 4) is 0 Å². The van der Waals surface area contributed by atoms with Crippen molar-refractivity contribution in [1.82, 2.24) is 5.32 Å². The summed E-state index contributed by atoms with van der Waals surface area (Å²) in [7, 11) is 0. The van der Waals surface area contributed by atoms with Gasteiger partial charge in [-0.15, -0.1) is 11.8 Å². The Labute approximate surface area is 85.4 Å². The van der Waals surface area contributed by atoms with Gasteiger partial charge in [0.2, 0.25) is 0 Å². The van der Waals surface area contributed by atoms with Gasteiger partial charge < -0.3 is 5.32 Å². The quantitative estimate of drug-likeness (QED) is 0.649. The monoisotopic (exact) mass is 197 g/mol. The molecule has 1 nitrogen and oxygen atoms in total. The van der Waals surface area contributed by atoms with Gasteiger partial charge in [-0.2, -0.15) is 0 Å². The van der Waals surface area contributed by atoms with Crippen LogP contribution < -0.4 is 5.32 Å². The maximum atomic E-state index is 3.78. The summed E-state index contributed by atoms with van der Waals surface area (Å²) in [5, 5.41) is 4.49. The number of nitrogens with one attached hydrogen (secondary N) is 1. The Balaban J connectivity index is 2.00. The SMILES string of the molecule is CSC1CCCC2C=CCCC2N1. The van der Waals surface area contributed by atoms with Crippen LogP contribution in [0.15, 0.2) is 12.2 Å². The highest BCUT2D eigenvalue weighted by Crippen LogP contribution is 2.29. The third-order valence-electron chi connectivity index (χ3n) is 3.23. The fraction of sp³-hybridized carbons (Fsp3) is 0.818. The third-order valence-corrected chi connectivity index (χ3v) is 4.17. The third kappa shape index (κ3) is 2.29. The fourth-order valence-corrected chi connectivity index (χ4v) is 3.16. The van der Waals surface area contributed by atoms with Crippen molar-refractivity contribution < 1.29 is 0 Å². The van der Waals surface area contributed by atoms with Gasteiger partial charge in [-0.3, -0.25) is 0 Å². The zero-order chi connectivity index (χ0) is 9.10. The van der Waals surface area contributed by atoms with Gasteiger partial charge in [0.25, 0.3) is 0 Å². The molecule has 1 saturated heterocycles. The average Bonchev–Trinajstić information content (AvgIpc) is 2.38. The summed E-state index contributed by atoms with van der Waals surface area (Å²) in [4.78, 5) is 0. The van der Waals surface area contributed by atoms with E-state index in [-0.39, 0.29) is 0 Å². The molecule has 1 N–H and O–H groups in total. The molecule has 1 heterocycles. The molecule has 0 saturated carbocycles.